The maximum Gasteiger partial charge on any atom is 0.289 e. The maximum absolute atomic E-state index is 10.7. The van der Waals surface area contributed by atoms with Crippen LogP contribution in [0.1, 0.15) is 17.0 Å². The molecule has 0 amide bonds. The Morgan fingerprint density at radius 1 is 1.46 bits per heavy atom. The Labute approximate surface area is 136 Å². The molecule has 0 aliphatic heterocycles. The molecule has 8 heteroatoms. The molecule has 0 atom stereocenters. The molecule has 24 heavy (non-hydrogen) atoms. The molecule has 0 bridgehead atoms. The van der Waals surface area contributed by atoms with Crippen LogP contribution in [0.4, 0.5) is 11.5 Å². The van der Waals surface area contributed by atoms with Gasteiger partial charge in [-0.2, -0.15) is 5.26 Å². The van der Waals surface area contributed by atoms with Crippen molar-refractivity contribution in [3.63, 3.8) is 0 Å². The van der Waals surface area contributed by atoms with E-state index in [1.807, 2.05) is 31.2 Å². The highest BCUT2D eigenvalue weighted by Gasteiger charge is 2.12. The molecular weight excluding hydrogens is 310 g/mol. The Kier molecular flexibility index (Phi) is 4.07. The highest BCUT2D eigenvalue weighted by Crippen LogP contribution is 2.20. The van der Waals surface area contributed by atoms with E-state index in [-0.39, 0.29) is 11.3 Å². The fourth-order valence-electron chi connectivity index (χ4n) is 2.31. The number of aromatic nitrogens is 2. The third-order valence-electron chi connectivity index (χ3n) is 3.50. The maximum atomic E-state index is 10.7. The normalized spacial score (nSPS) is 10.5. The van der Waals surface area contributed by atoms with Crippen LogP contribution < -0.4 is 5.32 Å². The van der Waals surface area contributed by atoms with E-state index in [0.29, 0.717) is 24.7 Å². The smallest absolute Gasteiger partial charge is 0.289 e. The van der Waals surface area contributed by atoms with Crippen LogP contribution in [0.15, 0.2) is 34.9 Å². The van der Waals surface area contributed by atoms with Crippen LogP contribution in [0.25, 0.3) is 11.1 Å². The van der Waals surface area contributed by atoms with Gasteiger partial charge in [-0.1, -0.05) is 12.1 Å². The summed E-state index contributed by atoms with van der Waals surface area (Å²) in [5, 5.41) is 22.8. The lowest BCUT2D eigenvalue weighted by Gasteiger charge is -2.05. The zero-order chi connectivity index (χ0) is 17.1. The van der Waals surface area contributed by atoms with E-state index in [9.17, 15) is 10.1 Å². The monoisotopic (exact) mass is 323 g/mol. The largest absolute Gasteiger partial charge is 0.441 e. The minimum Gasteiger partial charge on any atom is -0.441 e. The second-order valence-corrected chi connectivity index (χ2v) is 5.16. The predicted octanol–water partition coefficient (Wildman–Crippen LogP) is 2.97. The van der Waals surface area contributed by atoms with Crippen LogP contribution in [0.5, 0.6) is 0 Å². The summed E-state index contributed by atoms with van der Waals surface area (Å²) in [6.45, 7) is 2.40. The summed E-state index contributed by atoms with van der Waals surface area (Å²) in [6.07, 6.45) is 1.61. The fourth-order valence-corrected chi connectivity index (χ4v) is 2.31. The molecule has 120 valence electrons. The topological polar surface area (TPSA) is 118 Å². The van der Waals surface area contributed by atoms with Gasteiger partial charge in [0.2, 0.25) is 0 Å². The van der Waals surface area contributed by atoms with E-state index < -0.39 is 4.92 Å². The van der Waals surface area contributed by atoms with Gasteiger partial charge < -0.3 is 9.73 Å². The van der Waals surface area contributed by atoms with Crippen LogP contribution in [-0.4, -0.2) is 21.4 Å². The molecule has 0 fully saturated rings. The van der Waals surface area contributed by atoms with Gasteiger partial charge in [0.05, 0.1) is 4.92 Å². The summed E-state index contributed by atoms with van der Waals surface area (Å²) in [6, 6.07) is 8.82. The lowest BCUT2D eigenvalue weighted by Crippen LogP contribution is -2.08. The number of oxazole rings is 1. The van der Waals surface area contributed by atoms with E-state index in [0.717, 1.165) is 22.9 Å². The third-order valence-corrected chi connectivity index (χ3v) is 3.50. The summed E-state index contributed by atoms with van der Waals surface area (Å²) >= 11 is 0. The molecule has 0 aliphatic rings. The van der Waals surface area contributed by atoms with Crippen molar-refractivity contribution in [2.75, 3.05) is 11.9 Å². The van der Waals surface area contributed by atoms with Gasteiger partial charge in [0.15, 0.2) is 11.5 Å². The van der Waals surface area contributed by atoms with Gasteiger partial charge in [-0.05, 0) is 18.6 Å². The van der Waals surface area contributed by atoms with Crippen LogP contribution >= 0.6 is 0 Å². The second kappa shape index (κ2) is 6.34. The van der Waals surface area contributed by atoms with Crippen molar-refractivity contribution in [2.45, 2.75) is 13.3 Å². The number of anilines is 1. The molecule has 1 N–H and O–H groups in total. The van der Waals surface area contributed by atoms with Crippen LogP contribution in [-0.2, 0) is 6.42 Å². The highest BCUT2D eigenvalue weighted by atomic mass is 16.6. The number of hydrogen-bond donors (Lipinski definition) is 1. The van der Waals surface area contributed by atoms with Gasteiger partial charge >= 0.3 is 0 Å². The number of para-hydroxylation sites is 1. The number of nitrogens with one attached hydrogen (secondary N) is 1. The number of nitro groups is 1. The summed E-state index contributed by atoms with van der Waals surface area (Å²) in [5.74, 6) is 0.877. The number of benzene rings is 1. The van der Waals surface area contributed by atoms with Crippen molar-refractivity contribution in [1.29, 1.82) is 5.26 Å². The van der Waals surface area contributed by atoms with Crippen molar-refractivity contribution in [3.8, 4) is 6.07 Å². The third kappa shape index (κ3) is 3.01. The molecular formula is C16H13N5O3. The van der Waals surface area contributed by atoms with Crippen molar-refractivity contribution in [2.24, 2.45) is 0 Å². The molecule has 0 unspecified atom stereocenters. The van der Waals surface area contributed by atoms with Crippen LogP contribution in [0.2, 0.25) is 0 Å². The average Bonchev–Trinajstić information content (AvgIpc) is 2.99. The molecule has 0 spiro atoms. The molecule has 8 nitrogen and oxygen atoms in total. The number of pyridine rings is 1. The van der Waals surface area contributed by atoms with Gasteiger partial charge in [-0.3, -0.25) is 10.1 Å². The Bertz CT molecular complexity index is 958. The number of nitriles is 1. The van der Waals surface area contributed by atoms with Crippen molar-refractivity contribution in [3.05, 3.63) is 57.6 Å². The minimum atomic E-state index is -0.585. The number of nitrogens with zero attached hydrogens (tertiary/aromatic N) is 4. The van der Waals surface area contributed by atoms with Gasteiger partial charge in [0, 0.05) is 19.0 Å². The lowest BCUT2D eigenvalue weighted by atomic mass is 10.2. The van der Waals surface area contributed by atoms with Gasteiger partial charge in [0.1, 0.15) is 29.2 Å². The molecule has 0 saturated carbocycles. The summed E-state index contributed by atoms with van der Waals surface area (Å²) in [4.78, 5) is 18.5. The first kappa shape index (κ1) is 15.4. The van der Waals surface area contributed by atoms with Gasteiger partial charge in [0.25, 0.3) is 5.69 Å². The molecule has 1 aromatic carbocycles. The van der Waals surface area contributed by atoms with Gasteiger partial charge in [-0.15, -0.1) is 0 Å². The molecule has 3 aromatic rings. The van der Waals surface area contributed by atoms with Crippen LogP contribution in [0, 0.1) is 28.4 Å². The number of hydrogen-bond acceptors (Lipinski definition) is 7. The fraction of sp³-hybridized carbons (Fsp3) is 0.188. The van der Waals surface area contributed by atoms with Crippen LogP contribution in [0.3, 0.4) is 0 Å². The Morgan fingerprint density at radius 2 is 2.29 bits per heavy atom. The SMILES string of the molecule is Cc1cccc2oc(CCNc3ncc([N+](=O)[O-])cc3C#N)nc12. The first-order valence-electron chi connectivity index (χ1n) is 7.22. The Morgan fingerprint density at radius 3 is 3.00 bits per heavy atom. The predicted molar refractivity (Wildman–Crippen MR) is 86.5 cm³/mol. The Hall–Kier alpha value is -3.47. The first-order valence-corrected chi connectivity index (χ1v) is 7.22. The number of rotatable bonds is 5. The second-order valence-electron chi connectivity index (χ2n) is 5.16. The van der Waals surface area contributed by atoms with E-state index in [4.69, 9.17) is 9.68 Å². The number of fused-ring (bicyclic) bond motifs is 1. The standard InChI is InChI=1S/C16H13N5O3/c1-10-3-2-4-13-15(10)20-14(24-13)5-6-18-16-11(8-17)7-12(9-19-16)21(22)23/h2-4,7,9H,5-6H2,1H3,(H,18,19). The van der Waals surface area contributed by atoms with Gasteiger partial charge in [-0.25, -0.2) is 9.97 Å². The molecule has 0 radical (unpaired) electrons. The first-order chi connectivity index (χ1) is 11.6. The molecule has 2 heterocycles. The van der Waals surface area contributed by atoms with Crippen molar-refractivity contribution in [1.82, 2.24) is 9.97 Å². The zero-order valence-corrected chi connectivity index (χ0v) is 12.8. The average molecular weight is 323 g/mol. The number of aryl methyl sites for hydroxylation is 1. The highest BCUT2D eigenvalue weighted by molar-refractivity contribution is 5.76. The lowest BCUT2D eigenvalue weighted by molar-refractivity contribution is -0.385. The van der Waals surface area contributed by atoms with Crippen molar-refractivity contribution >= 4 is 22.6 Å². The zero-order valence-electron chi connectivity index (χ0n) is 12.8. The molecule has 3 rings (SSSR count). The summed E-state index contributed by atoms with van der Waals surface area (Å²) in [7, 11) is 0. The quantitative estimate of drug-likeness (QED) is 0.566. The van der Waals surface area contributed by atoms with E-state index in [2.05, 4.69) is 15.3 Å². The Balaban J connectivity index is 1.70. The molecule has 0 aliphatic carbocycles. The molecule has 2 aromatic heterocycles. The van der Waals surface area contributed by atoms with Crippen molar-refractivity contribution < 1.29 is 9.34 Å². The molecule has 0 saturated heterocycles. The van der Waals surface area contributed by atoms with E-state index in [1.54, 1.807) is 0 Å². The summed E-state index contributed by atoms with van der Waals surface area (Å²) < 4.78 is 5.67. The van der Waals surface area contributed by atoms with E-state index in [1.165, 1.54) is 6.07 Å². The summed E-state index contributed by atoms with van der Waals surface area (Å²) in [5.41, 5.74) is 2.51. The van der Waals surface area contributed by atoms with E-state index >= 15 is 0 Å². The minimum absolute atomic E-state index is 0.123.